The van der Waals surface area contributed by atoms with Gasteiger partial charge in [-0.2, -0.15) is 0 Å². The van der Waals surface area contributed by atoms with Crippen molar-refractivity contribution in [2.75, 3.05) is 13.2 Å². The zero-order chi connectivity index (χ0) is 16.7. The van der Waals surface area contributed by atoms with Crippen LogP contribution in [0.25, 0.3) is 0 Å². The van der Waals surface area contributed by atoms with Crippen molar-refractivity contribution in [3.63, 3.8) is 0 Å². The quantitative estimate of drug-likeness (QED) is 0.346. The highest BCUT2D eigenvalue weighted by atomic mass is 32.1. The van der Waals surface area contributed by atoms with Gasteiger partial charge in [0.1, 0.15) is 19.0 Å². The summed E-state index contributed by atoms with van der Waals surface area (Å²) in [5, 5.41) is 11.1. The van der Waals surface area contributed by atoms with Crippen LogP contribution >= 0.6 is 12.2 Å². The lowest BCUT2D eigenvalue weighted by Crippen LogP contribution is -2.12. The first-order chi connectivity index (χ1) is 11.1. The van der Waals surface area contributed by atoms with Crippen LogP contribution in [0.5, 0.6) is 11.5 Å². The molecular formula is C16H16N2O4S. The lowest BCUT2D eigenvalue weighted by Gasteiger charge is -2.09. The number of nitro benzene ring substituents is 1. The van der Waals surface area contributed by atoms with E-state index in [1.54, 1.807) is 12.1 Å². The summed E-state index contributed by atoms with van der Waals surface area (Å²) in [5.41, 5.74) is 6.02. The van der Waals surface area contributed by atoms with Gasteiger partial charge in [-0.15, -0.1) is 0 Å². The van der Waals surface area contributed by atoms with E-state index in [0.717, 1.165) is 5.75 Å². The molecular weight excluding hydrogens is 316 g/mol. The van der Waals surface area contributed by atoms with Crippen LogP contribution in [0.2, 0.25) is 0 Å². The van der Waals surface area contributed by atoms with Gasteiger partial charge in [0.05, 0.1) is 9.91 Å². The number of benzene rings is 2. The average molecular weight is 332 g/mol. The lowest BCUT2D eigenvalue weighted by molar-refractivity contribution is -0.385. The summed E-state index contributed by atoms with van der Waals surface area (Å²) in [5.74, 6) is 0.913. The largest absolute Gasteiger partial charge is 0.490 e. The molecule has 0 amide bonds. The van der Waals surface area contributed by atoms with E-state index in [2.05, 4.69) is 0 Å². The summed E-state index contributed by atoms with van der Waals surface area (Å²) >= 11 is 4.81. The highest BCUT2D eigenvalue weighted by Crippen LogP contribution is 2.28. The van der Waals surface area contributed by atoms with Crippen molar-refractivity contribution in [2.24, 2.45) is 5.73 Å². The molecule has 0 aliphatic carbocycles. The summed E-state index contributed by atoms with van der Waals surface area (Å²) in [7, 11) is 0. The predicted octanol–water partition coefficient (Wildman–Crippen LogP) is 2.88. The molecule has 0 saturated carbocycles. The highest BCUT2D eigenvalue weighted by molar-refractivity contribution is 7.80. The van der Waals surface area contributed by atoms with Crippen molar-refractivity contribution >= 4 is 22.9 Å². The molecule has 0 atom stereocenters. The van der Waals surface area contributed by atoms with Crippen LogP contribution < -0.4 is 15.2 Å². The van der Waals surface area contributed by atoms with E-state index in [-0.39, 0.29) is 29.6 Å². The van der Waals surface area contributed by atoms with Crippen molar-refractivity contribution in [2.45, 2.75) is 6.42 Å². The minimum absolute atomic E-state index is 0.113. The highest BCUT2D eigenvalue weighted by Gasteiger charge is 2.16. The van der Waals surface area contributed by atoms with Crippen LogP contribution in [0, 0.1) is 10.1 Å². The van der Waals surface area contributed by atoms with E-state index in [0.29, 0.717) is 12.0 Å². The zero-order valence-corrected chi connectivity index (χ0v) is 13.1. The van der Waals surface area contributed by atoms with Crippen LogP contribution in [0.15, 0.2) is 48.5 Å². The molecule has 2 aromatic rings. The SMILES string of the molecule is NC(=S)Cc1ccc(OCCOc2ccccc2)c([N+](=O)[O-])c1. The minimum atomic E-state index is -0.490. The van der Waals surface area contributed by atoms with Gasteiger partial charge in [0, 0.05) is 12.5 Å². The van der Waals surface area contributed by atoms with Crippen LogP contribution in [0.4, 0.5) is 5.69 Å². The van der Waals surface area contributed by atoms with Crippen LogP contribution in [0.3, 0.4) is 0 Å². The van der Waals surface area contributed by atoms with Crippen LogP contribution in [-0.2, 0) is 6.42 Å². The van der Waals surface area contributed by atoms with E-state index >= 15 is 0 Å². The van der Waals surface area contributed by atoms with Crippen molar-refractivity contribution < 1.29 is 14.4 Å². The van der Waals surface area contributed by atoms with Gasteiger partial charge in [-0.1, -0.05) is 36.5 Å². The Labute approximate surface area is 139 Å². The fraction of sp³-hybridized carbons (Fsp3) is 0.188. The molecule has 0 spiro atoms. The summed E-state index contributed by atoms with van der Waals surface area (Å²) < 4.78 is 10.9. The smallest absolute Gasteiger partial charge is 0.311 e. The molecule has 0 fully saturated rings. The monoisotopic (exact) mass is 332 g/mol. The molecule has 2 N–H and O–H groups in total. The molecule has 2 aromatic carbocycles. The van der Waals surface area contributed by atoms with Gasteiger partial charge in [0.15, 0.2) is 5.75 Å². The molecule has 120 valence electrons. The van der Waals surface area contributed by atoms with Gasteiger partial charge >= 0.3 is 5.69 Å². The third-order valence-electron chi connectivity index (χ3n) is 2.95. The van der Waals surface area contributed by atoms with Crippen LogP contribution in [0.1, 0.15) is 5.56 Å². The van der Waals surface area contributed by atoms with Crippen molar-refractivity contribution in [3.05, 3.63) is 64.2 Å². The average Bonchev–Trinajstić information content (AvgIpc) is 2.53. The number of hydrogen-bond donors (Lipinski definition) is 1. The maximum atomic E-state index is 11.1. The summed E-state index contributed by atoms with van der Waals surface area (Å²) in [4.78, 5) is 10.9. The zero-order valence-electron chi connectivity index (χ0n) is 12.3. The van der Waals surface area contributed by atoms with Gasteiger partial charge < -0.3 is 15.2 Å². The summed E-state index contributed by atoms with van der Waals surface area (Å²) in [6.07, 6.45) is 0.313. The molecule has 0 bridgehead atoms. The number of rotatable bonds is 8. The topological polar surface area (TPSA) is 87.6 Å². The molecule has 0 saturated heterocycles. The molecule has 0 aromatic heterocycles. The Morgan fingerprint density at radius 3 is 2.48 bits per heavy atom. The van der Waals surface area contributed by atoms with Crippen molar-refractivity contribution in [1.29, 1.82) is 0 Å². The fourth-order valence-corrected chi connectivity index (χ4v) is 2.13. The minimum Gasteiger partial charge on any atom is -0.490 e. The van der Waals surface area contributed by atoms with E-state index in [1.165, 1.54) is 6.07 Å². The lowest BCUT2D eigenvalue weighted by atomic mass is 10.1. The second kappa shape index (κ2) is 8.09. The molecule has 0 unspecified atom stereocenters. The van der Waals surface area contributed by atoms with Gasteiger partial charge in [-0.25, -0.2) is 0 Å². The number of thiocarbonyl (C=S) groups is 1. The van der Waals surface area contributed by atoms with Crippen molar-refractivity contribution in [3.8, 4) is 11.5 Å². The number of ether oxygens (including phenoxy) is 2. The molecule has 7 heteroatoms. The van der Waals surface area contributed by atoms with E-state index < -0.39 is 4.92 Å². The Balaban J connectivity index is 1.96. The van der Waals surface area contributed by atoms with E-state index in [9.17, 15) is 10.1 Å². The van der Waals surface area contributed by atoms with Gasteiger partial charge in [0.25, 0.3) is 0 Å². The molecule has 2 rings (SSSR count). The number of hydrogen-bond acceptors (Lipinski definition) is 5. The maximum Gasteiger partial charge on any atom is 0.311 e. The first kappa shape index (κ1) is 16.7. The van der Waals surface area contributed by atoms with Gasteiger partial charge in [-0.3, -0.25) is 10.1 Å². The van der Waals surface area contributed by atoms with Gasteiger partial charge in [0.2, 0.25) is 0 Å². The van der Waals surface area contributed by atoms with Crippen LogP contribution in [-0.4, -0.2) is 23.1 Å². The Kier molecular flexibility index (Phi) is 5.87. The van der Waals surface area contributed by atoms with E-state index in [1.807, 2.05) is 30.3 Å². The standard InChI is InChI=1S/C16H16N2O4S/c17-16(23)11-12-6-7-15(14(10-12)18(19)20)22-9-8-21-13-4-2-1-3-5-13/h1-7,10H,8-9,11H2,(H2,17,23). The molecule has 23 heavy (non-hydrogen) atoms. The molecule has 0 radical (unpaired) electrons. The summed E-state index contributed by atoms with van der Waals surface area (Å²) in [6, 6.07) is 13.9. The second-order valence-corrected chi connectivity index (χ2v) is 5.24. The number of nitrogens with two attached hydrogens (primary N) is 1. The number of nitrogens with zero attached hydrogens (tertiary/aromatic N) is 1. The molecule has 0 aliphatic rings. The normalized spacial score (nSPS) is 10.1. The first-order valence-electron chi connectivity index (χ1n) is 6.92. The fourth-order valence-electron chi connectivity index (χ4n) is 1.97. The second-order valence-electron chi connectivity index (χ2n) is 4.71. The van der Waals surface area contributed by atoms with Crippen molar-refractivity contribution in [1.82, 2.24) is 0 Å². The molecule has 6 nitrogen and oxygen atoms in total. The number of para-hydroxylation sites is 1. The molecule has 0 heterocycles. The third-order valence-corrected chi connectivity index (χ3v) is 3.10. The maximum absolute atomic E-state index is 11.1. The first-order valence-corrected chi connectivity index (χ1v) is 7.33. The Hall–Kier alpha value is -2.67. The summed E-state index contributed by atoms with van der Waals surface area (Å²) in [6.45, 7) is 0.486. The molecule has 0 aliphatic heterocycles. The number of nitro groups is 1. The van der Waals surface area contributed by atoms with Gasteiger partial charge in [-0.05, 0) is 23.8 Å². The Morgan fingerprint density at radius 2 is 1.83 bits per heavy atom. The Bertz CT molecular complexity index is 692. The Morgan fingerprint density at radius 1 is 1.13 bits per heavy atom. The third kappa shape index (κ3) is 5.23. The van der Waals surface area contributed by atoms with E-state index in [4.69, 9.17) is 27.4 Å². The predicted molar refractivity (Wildman–Crippen MR) is 91.0 cm³/mol.